The summed E-state index contributed by atoms with van der Waals surface area (Å²) in [4.78, 5) is 30.0. The molecular formula is C17H20N4O2S. The monoisotopic (exact) mass is 344 g/mol. The Morgan fingerprint density at radius 3 is 3.04 bits per heavy atom. The van der Waals surface area contributed by atoms with E-state index in [9.17, 15) is 9.59 Å². The number of thioether (sulfide) groups is 1. The number of benzene rings is 1. The molecule has 0 saturated carbocycles. The maximum absolute atomic E-state index is 12.2. The number of carbonyl (C=O) groups is 2. The van der Waals surface area contributed by atoms with Gasteiger partial charge in [-0.15, -0.1) is 0 Å². The van der Waals surface area contributed by atoms with Crippen molar-refractivity contribution >= 4 is 35.0 Å². The molecule has 0 radical (unpaired) electrons. The molecule has 2 aromatic rings. The number of imidazole rings is 1. The third-order valence-corrected chi connectivity index (χ3v) is 4.87. The molecule has 1 aliphatic heterocycles. The molecule has 6 nitrogen and oxygen atoms in total. The van der Waals surface area contributed by atoms with Gasteiger partial charge >= 0.3 is 0 Å². The lowest BCUT2D eigenvalue weighted by atomic mass is 10.2. The summed E-state index contributed by atoms with van der Waals surface area (Å²) in [7, 11) is 0. The normalized spacial score (nSPS) is 14.2. The Kier molecular flexibility index (Phi) is 5.20. The Balaban J connectivity index is 1.59. The number of anilines is 2. The van der Waals surface area contributed by atoms with E-state index in [0.717, 1.165) is 30.4 Å². The molecule has 2 heterocycles. The zero-order valence-electron chi connectivity index (χ0n) is 13.6. The standard InChI is InChI=1S/C17H20N4O2S/c1-2-20-10-8-18-17(20)24-12-15(22)19-13-5-3-6-14(11-13)21-9-4-7-16(21)23/h3,5-6,8,10-11H,2,4,7,9,12H2,1H3,(H,19,22). The van der Waals surface area contributed by atoms with Gasteiger partial charge in [0.2, 0.25) is 11.8 Å². The average Bonchev–Trinajstić information content (AvgIpc) is 3.21. The molecule has 1 saturated heterocycles. The number of nitrogens with one attached hydrogen (secondary N) is 1. The van der Waals surface area contributed by atoms with Crippen molar-refractivity contribution in [2.45, 2.75) is 31.5 Å². The summed E-state index contributed by atoms with van der Waals surface area (Å²) < 4.78 is 2.00. The maximum atomic E-state index is 12.2. The highest BCUT2D eigenvalue weighted by atomic mass is 32.2. The van der Waals surface area contributed by atoms with Crippen molar-refractivity contribution in [3.05, 3.63) is 36.7 Å². The van der Waals surface area contributed by atoms with Crippen LogP contribution in [0.4, 0.5) is 11.4 Å². The second-order valence-electron chi connectivity index (χ2n) is 5.53. The van der Waals surface area contributed by atoms with Gasteiger partial charge in [-0.25, -0.2) is 4.98 Å². The Morgan fingerprint density at radius 2 is 2.29 bits per heavy atom. The number of rotatable bonds is 6. The molecule has 0 aliphatic carbocycles. The van der Waals surface area contributed by atoms with E-state index in [1.54, 1.807) is 11.1 Å². The SMILES string of the molecule is CCn1ccnc1SCC(=O)Nc1cccc(N2CCCC2=O)c1. The fraction of sp³-hybridized carbons (Fsp3) is 0.353. The van der Waals surface area contributed by atoms with Gasteiger partial charge in [0.15, 0.2) is 5.16 Å². The van der Waals surface area contributed by atoms with Crippen LogP contribution in [0.25, 0.3) is 0 Å². The van der Waals surface area contributed by atoms with E-state index in [-0.39, 0.29) is 11.8 Å². The minimum absolute atomic E-state index is 0.0875. The molecule has 0 atom stereocenters. The van der Waals surface area contributed by atoms with Crippen LogP contribution in [0.2, 0.25) is 0 Å². The topological polar surface area (TPSA) is 67.2 Å². The van der Waals surface area contributed by atoms with Gasteiger partial charge in [-0.3, -0.25) is 9.59 Å². The van der Waals surface area contributed by atoms with Crippen molar-refractivity contribution in [2.24, 2.45) is 0 Å². The smallest absolute Gasteiger partial charge is 0.234 e. The van der Waals surface area contributed by atoms with Crippen LogP contribution in [0, 0.1) is 0 Å². The van der Waals surface area contributed by atoms with E-state index in [1.807, 2.05) is 42.0 Å². The predicted molar refractivity (Wildman–Crippen MR) is 95.3 cm³/mol. The highest BCUT2D eigenvalue weighted by Gasteiger charge is 2.21. The van der Waals surface area contributed by atoms with Gasteiger partial charge in [-0.2, -0.15) is 0 Å². The van der Waals surface area contributed by atoms with Crippen molar-refractivity contribution in [1.82, 2.24) is 9.55 Å². The second-order valence-corrected chi connectivity index (χ2v) is 6.47. The molecule has 1 aliphatic rings. The Hall–Kier alpha value is -2.28. The second kappa shape index (κ2) is 7.53. The first-order chi connectivity index (χ1) is 11.7. The molecule has 2 amide bonds. The number of carbonyl (C=O) groups excluding carboxylic acids is 2. The Bertz CT molecular complexity index is 744. The van der Waals surface area contributed by atoms with Gasteiger partial charge in [0, 0.05) is 43.3 Å². The van der Waals surface area contributed by atoms with Crippen LogP contribution in [0.3, 0.4) is 0 Å². The van der Waals surface area contributed by atoms with Gasteiger partial charge in [0.05, 0.1) is 5.75 Å². The van der Waals surface area contributed by atoms with E-state index >= 15 is 0 Å². The van der Waals surface area contributed by atoms with Crippen LogP contribution in [0.15, 0.2) is 41.8 Å². The molecule has 1 fully saturated rings. The fourth-order valence-corrected chi connectivity index (χ4v) is 3.50. The van der Waals surface area contributed by atoms with E-state index in [2.05, 4.69) is 10.3 Å². The highest BCUT2D eigenvalue weighted by molar-refractivity contribution is 7.99. The van der Waals surface area contributed by atoms with E-state index in [0.29, 0.717) is 17.9 Å². The lowest BCUT2D eigenvalue weighted by Gasteiger charge is -2.16. The van der Waals surface area contributed by atoms with Crippen molar-refractivity contribution in [3.8, 4) is 0 Å². The van der Waals surface area contributed by atoms with Crippen molar-refractivity contribution in [2.75, 3.05) is 22.5 Å². The molecule has 1 aromatic carbocycles. The largest absolute Gasteiger partial charge is 0.326 e. The van der Waals surface area contributed by atoms with Crippen LogP contribution in [0.5, 0.6) is 0 Å². The maximum Gasteiger partial charge on any atom is 0.234 e. The highest BCUT2D eigenvalue weighted by Crippen LogP contribution is 2.24. The predicted octanol–water partition coefficient (Wildman–Crippen LogP) is 2.76. The summed E-state index contributed by atoms with van der Waals surface area (Å²) in [6.45, 7) is 3.61. The van der Waals surface area contributed by atoms with E-state index in [1.165, 1.54) is 11.8 Å². The summed E-state index contributed by atoms with van der Waals surface area (Å²) in [5, 5.41) is 3.72. The first-order valence-corrected chi connectivity index (χ1v) is 9.00. The van der Waals surface area contributed by atoms with Crippen LogP contribution in [-0.4, -0.2) is 33.7 Å². The number of aryl methyl sites for hydroxylation is 1. The van der Waals surface area contributed by atoms with E-state index in [4.69, 9.17) is 0 Å². The van der Waals surface area contributed by atoms with Crippen molar-refractivity contribution in [1.29, 1.82) is 0 Å². The third-order valence-electron chi connectivity index (χ3n) is 3.87. The van der Waals surface area contributed by atoms with Gasteiger partial charge in [0.1, 0.15) is 0 Å². The minimum Gasteiger partial charge on any atom is -0.326 e. The van der Waals surface area contributed by atoms with Crippen molar-refractivity contribution < 1.29 is 9.59 Å². The Morgan fingerprint density at radius 1 is 1.42 bits per heavy atom. The summed E-state index contributed by atoms with van der Waals surface area (Å²) in [5.74, 6) is 0.347. The number of nitrogens with zero attached hydrogens (tertiary/aromatic N) is 3. The lowest BCUT2D eigenvalue weighted by molar-refractivity contribution is -0.117. The molecular weight excluding hydrogens is 324 g/mol. The van der Waals surface area contributed by atoms with Gasteiger partial charge < -0.3 is 14.8 Å². The summed E-state index contributed by atoms with van der Waals surface area (Å²) in [5.41, 5.74) is 1.54. The quantitative estimate of drug-likeness (QED) is 0.818. The summed E-state index contributed by atoms with van der Waals surface area (Å²) in [6.07, 6.45) is 5.12. The number of hydrogen-bond donors (Lipinski definition) is 1. The van der Waals surface area contributed by atoms with Crippen LogP contribution < -0.4 is 10.2 Å². The fourth-order valence-electron chi connectivity index (χ4n) is 2.68. The van der Waals surface area contributed by atoms with Crippen LogP contribution in [-0.2, 0) is 16.1 Å². The molecule has 126 valence electrons. The molecule has 3 rings (SSSR count). The molecule has 24 heavy (non-hydrogen) atoms. The zero-order valence-corrected chi connectivity index (χ0v) is 14.4. The van der Waals surface area contributed by atoms with Crippen LogP contribution >= 0.6 is 11.8 Å². The molecule has 0 bridgehead atoms. The molecule has 1 N–H and O–H groups in total. The first kappa shape index (κ1) is 16.6. The summed E-state index contributed by atoms with van der Waals surface area (Å²) >= 11 is 1.41. The molecule has 0 unspecified atom stereocenters. The zero-order chi connectivity index (χ0) is 16.9. The number of amides is 2. The summed E-state index contributed by atoms with van der Waals surface area (Å²) in [6, 6.07) is 7.43. The van der Waals surface area contributed by atoms with Crippen molar-refractivity contribution in [3.63, 3.8) is 0 Å². The van der Waals surface area contributed by atoms with Crippen LogP contribution in [0.1, 0.15) is 19.8 Å². The molecule has 1 aromatic heterocycles. The minimum atomic E-state index is -0.0875. The van der Waals surface area contributed by atoms with Gasteiger partial charge in [-0.1, -0.05) is 17.8 Å². The first-order valence-electron chi connectivity index (χ1n) is 8.01. The molecule has 0 spiro atoms. The van der Waals surface area contributed by atoms with Gasteiger partial charge in [0.25, 0.3) is 0 Å². The number of hydrogen-bond acceptors (Lipinski definition) is 4. The Labute approximate surface area is 145 Å². The van der Waals surface area contributed by atoms with Gasteiger partial charge in [-0.05, 0) is 31.5 Å². The molecule has 7 heteroatoms. The average molecular weight is 344 g/mol. The van der Waals surface area contributed by atoms with E-state index < -0.39 is 0 Å². The third kappa shape index (κ3) is 3.79. The number of aromatic nitrogens is 2. The lowest BCUT2D eigenvalue weighted by Crippen LogP contribution is -2.23.